The Bertz CT molecular complexity index is 270. The van der Waals surface area contributed by atoms with Crippen LogP contribution < -0.4 is 5.73 Å². The van der Waals surface area contributed by atoms with Crippen LogP contribution in [0.15, 0.2) is 0 Å². The van der Waals surface area contributed by atoms with Crippen LogP contribution in [0, 0.1) is 0 Å². The van der Waals surface area contributed by atoms with E-state index in [4.69, 9.17) is 22.7 Å². The molecule has 5 heteroatoms. The van der Waals surface area contributed by atoms with Crippen molar-refractivity contribution in [2.75, 3.05) is 39.8 Å². The highest BCUT2D eigenvalue weighted by Gasteiger charge is 2.31. The van der Waals surface area contributed by atoms with Gasteiger partial charge in [-0.2, -0.15) is 0 Å². The Kier molecular flexibility index (Phi) is 4.73. The first kappa shape index (κ1) is 13.2. The summed E-state index contributed by atoms with van der Waals surface area (Å²) in [6.45, 7) is 4.96. The molecule has 2 rings (SSSR count). The molecule has 0 spiro atoms. The monoisotopic (exact) mass is 257 g/mol. The van der Waals surface area contributed by atoms with Gasteiger partial charge in [0.2, 0.25) is 0 Å². The lowest BCUT2D eigenvalue weighted by molar-refractivity contribution is -0.0364. The van der Waals surface area contributed by atoms with Crippen molar-refractivity contribution in [2.45, 2.75) is 31.4 Å². The molecule has 0 amide bonds. The number of morpholine rings is 1. The number of rotatable bonds is 6. The summed E-state index contributed by atoms with van der Waals surface area (Å²) >= 11 is 4.96. The van der Waals surface area contributed by atoms with Crippen molar-refractivity contribution < 1.29 is 4.74 Å². The van der Waals surface area contributed by atoms with E-state index in [9.17, 15) is 0 Å². The fourth-order valence-electron chi connectivity index (χ4n) is 2.36. The largest absolute Gasteiger partial charge is 0.393 e. The van der Waals surface area contributed by atoms with Gasteiger partial charge in [0.25, 0.3) is 0 Å². The normalized spacial score (nSPS) is 26.4. The van der Waals surface area contributed by atoms with Crippen molar-refractivity contribution in [2.24, 2.45) is 5.73 Å². The molecule has 0 radical (unpaired) electrons. The molecule has 1 saturated heterocycles. The Morgan fingerprint density at radius 1 is 1.53 bits per heavy atom. The Morgan fingerprint density at radius 2 is 2.29 bits per heavy atom. The van der Waals surface area contributed by atoms with Gasteiger partial charge in [0, 0.05) is 38.6 Å². The Labute approximate surface area is 109 Å². The average Bonchev–Trinajstić information content (AvgIpc) is 3.07. The van der Waals surface area contributed by atoms with Gasteiger partial charge in [0.05, 0.1) is 17.7 Å². The SMILES string of the molecule is CN1CCOC(CN(CCC(N)=S)C2CC2)C1. The first-order chi connectivity index (χ1) is 8.15. The highest BCUT2D eigenvalue weighted by Crippen LogP contribution is 2.27. The molecule has 0 aromatic rings. The molecule has 2 aliphatic rings. The van der Waals surface area contributed by atoms with E-state index in [1.807, 2.05) is 0 Å². The van der Waals surface area contributed by atoms with Gasteiger partial charge < -0.3 is 15.4 Å². The fourth-order valence-corrected chi connectivity index (χ4v) is 2.45. The van der Waals surface area contributed by atoms with Gasteiger partial charge in [-0.05, 0) is 19.9 Å². The Hall–Kier alpha value is -0.230. The first-order valence-corrected chi connectivity index (χ1v) is 6.88. The fraction of sp³-hybridized carbons (Fsp3) is 0.917. The van der Waals surface area contributed by atoms with Gasteiger partial charge in [-0.1, -0.05) is 12.2 Å². The topological polar surface area (TPSA) is 41.7 Å². The number of thiocarbonyl (C=S) groups is 1. The lowest BCUT2D eigenvalue weighted by Crippen LogP contribution is -2.47. The minimum atomic E-state index is 0.348. The predicted molar refractivity (Wildman–Crippen MR) is 73.2 cm³/mol. The molecular weight excluding hydrogens is 234 g/mol. The van der Waals surface area contributed by atoms with E-state index in [0.717, 1.165) is 45.2 Å². The molecule has 1 aliphatic carbocycles. The molecule has 0 bridgehead atoms. The van der Waals surface area contributed by atoms with Crippen LogP contribution in [-0.4, -0.2) is 66.8 Å². The van der Waals surface area contributed by atoms with Crippen molar-refractivity contribution in [1.82, 2.24) is 9.80 Å². The van der Waals surface area contributed by atoms with Gasteiger partial charge in [-0.15, -0.1) is 0 Å². The second kappa shape index (κ2) is 6.09. The minimum absolute atomic E-state index is 0.348. The molecule has 17 heavy (non-hydrogen) atoms. The van der Waals surface area contributed by atoms with Crippen LogP contribution in [0.5, 0.6) is 0 Å². The maximum absolute atomic E-state index is 5.82. The summed E-state index contributed by atoms with van der Waals surface area (Å²) in [5, 5.41) is 0. The summed E-state index contributed by atoms with van der Waals surface area (Å²) in [5.74, 6) is 0. The molecule has 1 aliphatic heterocycles. The van der Waals surface area contributed by atoms with E-state index in [2.05, 4.69) is 16.8 Å². The number of ether oxygens (including phenoxy) is 1. The van der Waals surface area contributed by atoms with E-state index < -0.39 is 0 Å². The second-order valence-electron chi connectivity index (χ2n) is 5.20. The minimum Gasteiger partial charge on any atom is -0.393 e. The van der Waals surface area contributed by atoms with Crippen molar-refractivity contribution in [3.63, 3.8) is 0 Å². The summed E-state index contributed by atoms with van der Waals surface area (Å²) in [7, 11) is 2.16. The van der Waals surface area contributed by atoms with Crippen LogP contribution in [-0.2, 0) is 4.74 Å². The Balaban J connectivity index is 1.77. The maximum atomic E-state index is 5.82. The average molecular weight is 257 g/mol. The third kappa shape index (κ3) is 4.50. The summed E-state index contributed by atoms with van der Waals surface area (Å²) < 4.78 is 5.82. The van der Waals surface area contributed by atoms with Gasteiger partial charge in [-0.3, -0.25) is 4.90 Å². The summed E-state index contributed by atoms with van der Waals surface area (Å²) in [6, 6.07) is 0.750. The van der Waals surface area contributed by atoms with E-state index in [-0.39, 0.29) is 0 Å². The molecule has 2 fully saturated rings. The van der Waals surface area contributed by atoms with Crippen LogP contribution in [0.4, 0.5) is 0 Å². The third-order valence-corrected chi connectivity index (χ3v) is 3.69. The molecule has 1 saturated carbocycles. The highest BCUT2D eigenvalue weighted by atomic mass is 32.1. The summed E-state index contributed by atoms with van der Waals surface area (Å²) in [6.07, 6.45) is 3.81. The standard InChI is InChI=1S/C12H23N3OS/c1-14-6-7-16-11(8-14)9-15(10-2-3-10)5-4-12(13)17/h10-11H,2-9H2,1H3,(H2,13,17). The quantitative estimate of drug-likeness (QED) is 0.700. The van der Waals surface area contributed by atoms with Crippen molar-refractivity contribution in [3.8, 4) is 0 Å². The molecule has 0 aromatic heterocycles. The molecule has 0 aromatic carbocycles. The molecule has 2 N–H and O–H groups in total. The van der Waals surface area contributed by atoms with Crippen molar-refractivity contribution in [3.05, 3.63) is 0 Å². The van der Waals surface area contributed by atoms with Crippen molar-refractivity contribution >= 4 is 17.2 Å². The number of nitrogens with two attached hydrogens (primary N) is 1. The van der Waals surface area contributed by atoms with E-state index in [1.165, 1.54) is 12.8 Å². The van der Waals surface area contributed by atoms with E-state index >= 15 is 0 Å². The number of hydrogen-bond donors (Lipinski definition) is 1. The lowest BCUT2D eigenvalue weighted by Gasteiger charge is -2.34. The van der Waals surface area contributed by atoms with Gasteiger partial charge in [0.15, 0.2) is 0 Å². The lowest BCUT2D eigenvalue weighted by atomic mass is 10.2. The zero-order valence-electron chi connectivity index (χ0n) is 10.6. The molecule has 1 unspecified atom stereocenters. The molecular formula is C12H23N3OS. The number of nitrogens with zero attached hydrogens (tertiary/aromatic N) is 2. The molecule has 1 heterocycles. The maximum Gasteiger partial charge on any atom is 0.0829 e. The zero-order valence-corrected chi connectivity index (χ0v) is 11.4. The van der Waals surface area contributed by atoms with Gasteiger partial charge in [-0.25, -0.2) is 0 Å². The van der Waals surface area contributed by atoms with E-state index in [0.29, 0.717) is 11.1 Å². The van der Waals surface area contributed by atoms with Gasteiger partial charge >= 0.3 is 0 Å². The van der Waals surface area contributed by atoms with Crippen LogP contribution in [0.1, 0.15) is 19.3 Å². The molecule has 4 nitrogen and oxygen atoms in total. The van der Waals surface area contributed by atoms with Crippen LogP contribution >= 0.6 is 12.2 Å². The van der Waals surface area contributed by atoms with Crippen LogP contribution in [0.3, 0.4) is 0 Å². The third-order valence-electron chi connectivity index (χ3n) is 3.49. The van der Waals surface area contributed by atoms with Gasteiger partial charge in [0.1, 0.15) is 0 Å². The number of likely N-dealkylation sites (N-methyl/N-ethyl adjacent to an activating group) is 1. The van der Waals surface area contributed by atoms with E-state index in [1.54, 1.807) is 0 Å². The zero-order chi connectivity index (χ0) is 12.3. The number of hydrogen-bond acceptors (Lipinski definition) is 4. The first-order valence-electron chi connectivity index (χ1n) is 6.47. The predicted octanol–water partition coefficient (Wildman–Crippen LogP) is 0.458. The van der Waals surface area contributed by atoms with Crippen molar-refractivity contribution in [1.29, 1.82) is 0 Å². The van der Waals surface area contributed by atoms with Crippen LogP contribution in [0.25, 0.3) is 0 Å². The second-order valence-corrected chi connectivity index (χ2v) is 5.72. The van der Waals surface area contributed by atoms with Crippen LogP contribution in [0.2, 0.25) is 0 Å². The summed E-state index contributed by atoms with van der Waals surface area (Å²) in [4.78, 5) is 5.47. The molecule has 98 valence electrons. The molecule has 1 atom stereocenters. The highest BCUT2D eigenvalue weighted by molar-refractivity contribution is 7.80. The smallest absolute Gasteiger partial charge is 0.0829 e. The summed E-state index contributed by atoms with van der Waals surface area (Å²) in [5.41, 5.74) is 5.58. The Morgan fingerprint density at radius 3 is 2.88 bits per heavy atom.